The van der Waals surface area contributed by atoms with Crippen molar-refractivity contribution < 1.29 is 14.6 Å². The molecule has 0 bridgehead atoms. The first-order chi connectivity index (χ1) is 9.79. The minimum absolute atomic E-state index is 0.0656. The number of hydrogen-bond donors (Lipinski definition) is 1. The van der Waals surface area contributed by atoms with E-state index in [1.807, 2.05) is 12.1 Å². The lowest BCUT2D eigenvalue weighted by Crippen LogP contribution is -2.49. The van der Waals surface area contributed by atoms with Crippen LogP contribution in [0.3, 0.4) is 0 Å². The van der Waals surface area contributed by atoms with Crippen molar-refractivity contribution in [2.24, 2.45) is 0 Å². The SMILES string of the molecule is O=CCCCN1CCOC2c3cc(O)ccc3CCC21. The molecule has 1 aromatic rings. The van der Waals surface area contributed by atoms with Crippen LogP contribution >= 0.6 is 0 Å². The van der Waals surface area contributed by atoms with E-state index in [0.717, 1.165) is 50.8 Å². The summed E-state index contributed by atoms with van der Waals surface area (Å²) in [5, 5.41) is 9.71. The summed E-state index contributed by atoms with van der Waals surface area (Å²) in [5.74, 6) is 0.311. The molecular formula is C16H21NO3. The van der Waals surface area contributed by atoms with Gasteiger partial charge in [0, 0.05) is 19.0 Å². The summed E-state index contributed by atoms with van der Waals surface area (Å²) in [4.78, 5) is 12.9. The van der Waals surface area contributed by atoms with Crippen molar-refractivity contribution in [3.63, 3.8) is 0 Å². The molecule has 1 heterocycles. The molecule has 0 aromatic heterocycles. The van der Waals surface area contributed by atoms with Crippen molar-refractivity contribution >= 4 is 6.29 Å². The van der Waals surface area contributed by atoms with Gasteiger partial charge in [-0.2, -0.15) is 0 Å². The van der Waals surface area contributed by atoms with Crippen molar-refractivity contribution in [1.82, 2.24) is 4.90 Å². The number of aldehydes is 1. The Hall–Kier alpha value is -1.39. The van der Waals surface area contributed by atoms with Gasteiger partial charge in [0.2, 0.25) is 0 Å². The second kappa shape index (κ2) is 5.94. The molecular weight excluding hydrogens is 254 g/mol. The van der Waals surface area contributed by atoms with Gasteiger partial charge in [0.05, 0.1) is 12.7 Å². The Labute approximate surface area is 119 Å². The number of benzene rings is 1. The van der Waals surface area contributed by atoms with E-state index in [0.29, 0.717) is 18.2 Å². The van der Waals surface area contributed by atoms with Gasteiger partial charge in [-0.3, -0.25) is 4.90 Å². The van der Waals surface area contributed by atoms with Gasteiger partial charge in [0.1, 0.15) is 12.0 Å². The fourth-order valence-corrected chi connectivity index (χ4v) is 3.43. The maximum Gasteiger partial charge on any atom is 0.120 e. The highest BCUT2D eigenvalue weighted by molar-refractivity contribution is 5.49. The smallest absolute Gasteiger partial charge is 0.120 e. The quantitative estimate of drug-likeness (QED) is 0.675. The number of ether oxygens (including phenoxy) is 1. The summed E-state index contributed by atoms with van der Waals surface area (Å²) < 4.78 is 5.98. The van der Waals surface area contributed by atoms with E-state index in [1.54, 1.807) is 6.07 Å². The van der Waals surface area contributed by atoms with Crippen LogP contribution in [-0.4, -0.2) is 42.0 Å². The van der Waals surface area contributed by atoms with Crippen LogP contribution in [0.5, 0.6) is 5.75 Å². The van der Waals surface area contributed by atoms with Crippen LogP contribution in [0.15, 0.2) is 18.2 Å². The molecule has 4 heteroatoms. The average Bonchev–Trinajstić information content (AvgIpc) is 2.47. The number of unbranched alkanes of at least 4 members (excludes halogenated alkanes) is 1. The Balaban J connectivity index is 1.78. The third kappa shape index (κ3) is 2.58. The standard InChI is InChI=1S/C16H21NO3/c18-9-2-1-7-17-8-10-20-16-14-11-13(19)5-3-12(14)4-6-15(16)17/h3,5,9,11,15-16,19H,1-2,4,6-8,10H2. The Bertz CT molecular complexity index is 489. The van der Waals surface area contributed by atoms with Gasteiger partial charge in [-0.1, -0.05) is 6.07 Å². The van der Waals surface area contributed by atoms with Crippen LogP contribution in [-0.2, 0) is 16.0 Å². The van der Waals surface area contributed by atoms with E-state index in [1.165, 1.54) is 5.56 Å². The average molecular weight is 275 g/mol. The zero-order chi connectivity index (χ0) is 13.9. The minimum Gasteiger partial charge on any atom is -0.508 e. The molecule has 2 unspecified atom stereocenters. The number of carbonyl (C=O) groups is 1. The molecule has 4 nitrogen and oxygen atoms in total. The predicted octanol–water partition coefficient (Wildman–Crippen LogP) is 2.06. The highest BCUT2D eigenvalue weighted by Gasteiger charge is 2.37. The number of morpholine rings is 1. The molecule has 0 amide bonds. The second-order valence-electron chi connectivity index (χ2n) is 5.63. The minimum atomic E-state index is 0.0656. The first-order valence-electron chi connectivity index (χ1n) is 7.40. The van der Waals surface area contributed by atoms with Crippen LogP contribution in [0.25, 0.3) is 0 Å². The summed E-state index contributed by atoms with van der Waals surface area (Å²) in [6, 6.07) is 5.99. The van der Waals surface area contributed by atoms with Gasteiger partial charge >= 0.3 is 0 Å². The first kappa shape index (κ1) is 13.6. The van der Waals surface area contributed by atoms with Gasteiger partial charge < -0.3 is 14.6 Å². The monoisotopic (exact) mass is 275 g/mol. The molecule has 0 spiro atoms. The molecule has 1 aliphatic carbocycles. The van der Waals surface area contributed by atoms with Gasteiger partial charge in [-0.05, 0) is 49.1 Å². The highest BCUT2D eigenvalue weighted by atomic mass is 16.5. The molecule has 20 heavy (non-hydrogen) atoms. The number of carbonyl (C=O) groups excluding carboxylic acids is 1. The lowest BCUT2D eigenvalue weighted by Gasteiger charge is -2.44. The second-order valence-corrected chi connectivity index (χ2v) is 5.63. The van der Waals surface area contributed by atoms with Crippen LogP contribution in [0.1, 0.15) is 36.5 Å². The van der Waals surface area contributed by atoms with Gasteiger partial charge in [-0.15, -0.1) is 0 Å². The zero-order valence-corrected chi connectivity index (χ0v) is 11.6. The number of phenolic OH excluding ortho intramolecular Hbond substituents is 1. The Kier molecular flexibility index (Phi) is 4.03. The van der Waals surface area contributed by atoms with E-state index in [2.05, 4.69) is 4.90 Å². The van der Waals surface area contributed by atoms with Gasteiger partial charge in [0.25, 0.3) is 0 Å². The number of nitrogens with zero attached hydrogens (tertiary/aromatic N) is 1. The summed E-state index contributed by atoms with van der Waals surface area (Å²) in [6.45, 7) is 2.61. The Morgan fingerprint density at radius 2 is 2.35 bits per heavy atom. The molecule has 3 rings (SSSR count). The fourth-order valence-electron chi connectivity index (χ4n) is 3.43. The van der Waals surface area contributed by atoms with Crippen molar-refractivity contribution in [1.29, 1.82) is 0 Å². The van der Waals surface area contributed by atoms with Crippen LogP contribution in [0.2, 0.25) is 0 Å². The van der Waals surface area contributed by atoms with Crippen LogP contribution in [0.4, 0.5) is 0 Å². The molecule has 1 aliphatic heterocycles. The van der Waals surface area contributed by atoms with Gasteiger partial charge in [0.15, 0.2) is 0 Å². The first-order valence-corrected chi connectivity index (χ1v) is 7.40. The highest BCUT2D eigenvalue weighted by Crippen LogP contribution is 2.39. The molecule has 2 aliphatic rings. The van der Waals surface area contributed by atoms with Crippen LogP contribution < -0.4 is 0 Å². The van der Waals surface area contributed by atoms with Crippen molar-refractivity contribution in [2.75, 3.05) is 19.7 Å². The summed E-state index contributed by atoms with van der Waals surface area (Å²) in [5.41, 5.74) is 2.43. The molecule has 1 aromatic carbocycles. The molecule has 108 valence electrons. The lowest BCUT2D eigenvalue weighted by atomic mass is 9.84. The largest absolute Gasteiger partial charge is 0.508 e. The maximum atomic E-state index is 10.5. The number of hydrogen-bond acceptors (Lipinski definition) is 4. The van der Waals surface area contributed by atoms with Crippen molar-refractivity contribution in [3.8, 4) is 5.75 Å². The summed E-state index contributed by atoms with van der Waals surface area (Å²) in [7, 11) is 0. The zero-order valence-electron chi connectivity index (χ0n) is 11.6. The third-order valence-corrected chi connectivity index (χ3v) is 4.41. The third-order valence-electron chi connectivity index (χ3n) is 4.41. The maximum absolute atomic E-state index is 10.5. The Morgan fingerprint density at radius 1 is 1.45 bits per heavy atom. The lowest BCUT2D eigenvalue weighted by molar-refractivity contribution is -0.108. The number of fused-ring (bicyclic) bond motifs is 3. The normalized spacial score (nSPS) is 25.8. The number of rotatable bonds is 4. The number of phenols is 1. The van der Waals surface area contributed by atoms with Crippen LogP contribution in [0, 0.1) is 0 Å². The fraction of sp³-hybridized carbons (Fsp3) is 0.562. The van der Waals surface area contributed by atoms with E-state index >= 15 is 0 Å². The Morgan fingerprint density at radius 3 is 3.20 bits per heavy atom. The van der Waals surface area contributed by atoms with Crippen molar-refractivity contribution in [3.05, 3.63) is 29.3 Å². The topological polar surface area (TPSA) is 49.8 Å². The van der Waals surface area contributed by atoms with E-state index < -0.39 is 0 Å². The summed E-state index contributed by atoms with van der Waals surface area (Å²) >= 11 is 0. The molecule has 1 fully saturated rings. The summed E-state index contributed by atoms with van der Waals surface area (Å²) in [6.07, 6.45) is 4.72. The van der Waals surface area contributed by atoms with Gasteiger partial charge in [-0.25, -0.2) is 0 Å². The number of aromatic hydroxyl groups is 1. The number of aryl methyl sites for hydroxylation is 1. The van der Waals surface area contributed by atoms with E-state index in [-0.39, 0.29) is 6.10 Å². The molecule has 0 saturated carbocycles. The molecule has 1 N–H and O–H groups in total. The molecule has 0 radical (unpaired) electrons. The van der Waals surface area contributed by atoms with E-state index in [9.17, 15) is 9.90 Å². The molecule has 1 saturated heterocycles. The predicted molar refractivity (Wildman–Crippen MR) is 75.8 cm³/mol. The van der Waals surface area contributed by atoms with E-state index in [4.69, 9.17) is 4.74 Å². The molecule has 2 atom stereocenters. The van der Waals surface area contributed by atoms with Crippen molar-refractivity contribution in [2.45, 2.75) is 37.8 Å².